The summed E-state index contributed by atoms with van der Waals surface area (Å²) in [4.78, 5) is 32.0. The fourth-order valence-corrected chi connectivity index (χ4v) is 5.98. The van der Waals surface area contributed by atoms with Crippen LogP contribution in [0.15, 0.2) is 91.0 Å². The number of nitrogens with one attached hydrogen (secondary N) is 1. The molecule has 0 fully saturated rings. The zero-order valence-corrected chi connectivity index (χ0v) is 25.2. The molecule has 0 unspecified atom stereocenters. The Kier molecular flexibility index (Phi) is 7.76. The number of hydrogen-bond acceptors (Lipinski definition) is 4. The Balaban J connectivity index is 1.36. The van der Waals surface area contributed by atoms with Crippen molar-refractivity contribution in [2.45, 2.75) is 33.6 Å². The number of benzene rings is 4. The third-order valence-corrected chi connectivity index (χ3v) is 8.50. The summed E-state index contributed by atoms with van der Waals surface area (Å²) in [6, 6.07) is 28.9. The Bertz CT molecular complexity index is 1880. The highest BCUT2D eigenvalue weighted by Gasteiger charge is 2.35. The van der Waals surface area contributed by atoms with Gasteiger partial charge in [-0.25, -0.2) is 9.78 Å². The minimum absolute atomic E-state index is 0.0120. The number of carbonyl (C=O) groups is 2. The van der Waals surface area contributed by atoms with Gasteiger partial charge in [-0.2, -0.15) is 0 Å². The first kappa shape index (κ1) is 28.6. The standard InChI is InChI=1S/C37H33ClN2O3/c1-37(2,3)26-20-25(19-23-15-17-27(38)18-16-23)35-30(21-26)34(29-12-6-7-13-32(29)40-35)36(42)43-22-33(41)39-31-14-8-10-24-9-4-5-11-28(24)31/h4-19,26H,20-22H2,1-3H3,(H,39,41)/b25-19+/t26-/m0/s1. The maximum Gasteiger partial charge on any atom is 0.339 e. The van der Waals surface area contributed by atoms with Crippen LogP contribution in [0.25, 0.3) is 33.3 Å². The number of carbonyl (C=O) groups excluding carboxylic acids is 2. The van der Waals surface area contributed by atoms with Gasteiger partial charge in [0.25, 0.3) is 5.91 Å². The fourth-order valence-electron chi connectivity index (χ4n) is 5.85. The van der Waals surface area contributed by atoms with Gasteiger partial charge in [-0.1, -0.05) is 99.1 Å². The number of ether oxygens (including phenoxy) is 1. The number of nitrogens with zero attached hydrogens (tertiary/aromatic N) is 1. The molecule has 4 aromatic carbocycles. The van der Waals surface area contributed by atoms with Gasteiger partial charge >= 0.3 is 5.97 Å². The van der Waals surface area contributed by atoms with Crippen LogP contribution in [0, 0.1) is 11.3 Å². The van der Waals surface area contributed by atoms with Gasteiger partial charge in [0, 0.05) is 21.5 Å². The van der Waals surface area contributed by atoms with E-state index in [-0.39, 0.29) is 11.3 Å². The van der Waals surface area contributed by atoms with Crippen molar-refractivity contribution in [2.75, 3.05) is 11.9 Å². The number of aromatic nitrogens is 1. The van der Waals surface area contributed by atoms with Crippen molar-refractivity contribution in [1.82, 2.24) is 4.98 Å². The zero-order chi connectivity index (χ0) is 30.1. The van der Waals surface area contributed by atoms with Crippen LogP contribution < -0.4 is 5.32 Å². The van der Waals surface area contributed by atoms with E-state index in [1.54, 1.807) is 0 Å². The van der Waals surface area contributed by atoms with Crippen LogP contribution in [-0.4, -0.2) is 23.5 Å². The number of pyridine rings is 1. The monoisotopic (exact) mass is 588 g/mol. The lowest BCUT2D eigenvalue weighted by Crippen LogP contribution is -2.29. The summed E-state index contributed by atoms with van der Waals surface area (Å²) >= 11 is 6.15. The molecule has 0 radical (unpaired) electrons. The molecule has 1 atom stereocenters. The lowest BCUT2D eigenvalue weighted by molar-refractivity contribution is -0.119. The third kappa shape index (κ3) is 6.04. The Hall–Kier alpha value is -4.48. The van der Waals surface area contributed by atoms with Crippen LogP contribution in [0.5, 0.6) is 0 Å². The minimum Gasteiger partial charge on any atom is -0.452 e. The summed E-state index contributed by atoms with van der Waals surface area (Å²) < 4.78 is 5.72. The van der Waals surface area contributed by atoms with Crippen LogP contribution in [0.4, 0.5) is 5.69 Å². The van der Waals surface area contributed by atoms with E-state index in [1.165, 1.54) is 0 Å². The summed E-state index contributed by atoms with van der Waals surface area (Å²) in [6.45, 7) is 6.29. The molecule has 5 nitrogen and oxygen atoms in total. The largest absolute Gasteiger partial charge is 0.452 e. The molecule has 1 aliphatic carbocycles. The van der Waals surface area contributed by atoms with E-state index in [9.17, 15) is 9.59 Å². The Labute approximate surface area is 256 Å². The molecule has 0 bridgehead atoms. The number of halogens is 1. The van der Waals surface area contributed by atoms with Crippen LogP contribution in [0.2, 0.25) is 5.02 Å². The van der Waals surface area contributed by atoms with Gasteiger partial charge in [-0.3, -0.25) is 4.79 Å². The lowest BCUT2D eigenvalue weighted by atomic mass is 9.69. The maximum atomic E-state index is 13.9. The van der Waals surface area contributed by atoms with Gasteiger partial charge in [-0.05, 0) is 76.6 Å². The van der Waals surface area contributed by atoms with Gasteiger partial charge < -0.3 is 10.1 Å². The van der Waals surface area contributed by atoms with Gasteiger partial charge in [0.1, 0.15) is 0 Å². The van der Waals surface area contributed by atoms with E-state index in [0.717, 1.165) is 45.0 Å². The van der Waals surface area contributed by atoms with Crippen molar-refractivity contribution in [2.24, 2.45) is 11.3 Å². The van der Waals surface area contributed by atoms with E-state index in [2.05, 4.69) is 32.2 Å². The smallest absolute Gasteiger partial charge is 0.339 e. The van der Waals surface area contributed by atoms with E-state index in [1.807, 2.05) is 91.0 Å². The Morgan fingerprint density at radius 3 is 2.37 bits per heavy atom. The summed E-state index contributed by atoms with van der Waals surface area (Å²) in [5, 5.41) is 6.25. The maximum absolute atomic E-state index is 13.9. The lowest BCUT2D eigenvalue weighted by Gasteiger charge is -2.36. The van der Waals surface area contributed by atoms with Crippen LogP contribution in [0.3, 0.4) is 0 Å². The molecule has 5 aromatic rings. The van der Waals surface area contributed by atoms with Crippen molar-refractivity contribution in [3.05, 3.63) is 118 Å². The molecule has 1 amide bonds. The zero-order valence-electron chi connectivity index (χ0n) is 24.5. The van der Waals surface area contributed by atoms with Crippen molar-refractivity contribution in [3.63, 3.8) is 0 Å². The Morgan fingerprint density at radius 2 is 1.60 bits per heavy atom. The normalized spacial score (nSPS) is 15.8. The molecule has 0 saturated heterocycles. The van der Waals surface area contributed by atoms with Crippen molar-refractivity contribution in [1.29, 1.82) is 0 Å². The highest BCUT2D eigenvalue weighted by atomic mass is 35.5. The second-order valence-electron chi connectivity index (χ2n) is 12.2. The van der Waals surface area contributed by atoms with Gasteiger partial charge in [-0.15, -0.1) is 0 Å². The summed E-state index contributed by atoms with van der Waals surface area (Å²) in [7, 11) is 0. The van der Waals surface area contributed by atoms with E-state index < -0.39 is 18.5 Å². The first-order valence-electron chi connectivity index (χ1n) is 14.5. The number of anilines is 1. The predicted molar refractivity (Wildman–Crippen MR) is 175 cm³/mol. The summed E-state index contributed by atoms with van der Waals surface area (Å²) in [5.74, 6) is -0.654. The van der Waals surface area contributed by atoms with Crippen molar-refractivity contribution >= 4 is 62.5 Å². The van der Waals surface area contributed by atoms with E-state index >= 15 is 0 Å². The average Bonchev–Trinajstić information content (AvgIpc) is 2.99. The van der Waals surface area contributed by atoms with Crippen LogP contribution in [-0.2, 0) is 16.0 Å². The number of hydrogen-bond donors (Lipinski definition) is 1. The molecule has 0 saturated carbocycles. The average molecular weight is 589 g/mol. The Morgan fingerprint density at radius 1 is 0.907 bits per heavy atom. The van der Waals surface area contributed by atoms with Crippen LogP contribution in [0.1, 0.15) is 54.4 Å². The SMILES string of the molecule is CC(C)(C)[C@H]1C/C(=C\c2ccc(Cl)cc2)c2nc3ccccc3c(C(=O)OCC(=O)Nc3cccc4ccccc34)c2C1. The van der Waals surface area contributed by atoms with E-state index in [0.29, 0.717) is 28.2 Å². The molecule has 1 N–H and O–H groups in total. The fraction of sp³-hybridized carbons (Fsp3) is 0.216. The minimum atomic E-state index is -0.525. The number of esters is 1. The summed E-state index contributed by atoms with van der Waals surface area (Å²) in [6.07, 6.45) is 3.65. The van der Waals surface area contributed by atoms with Crippen LogP contribution >= 0.6 is 11.6 Å². The topological polar surface area (TPSA) is 68.3 Å². The van der Waals surface area contributed by atoms with Gasteiger partial charge in [0.05, 0.1) is 16.8 Å². The highest BCUT2D eigenvalue weighted by Crippen LogP contribution is 2.45. The molecule has 1 heterocycles. The number of para-hydroxylation sites is 1. The molecule has 216 valence electrons. The molecule has 1 aliphatic rings. The molecular formula is C37H33ClN2O3. The quantitative estimate of drug-likeness (QED) is 0.208. The first-order chi connectivity index (χ1) is 20.7. The molecule has 43 heavy (non-hydrogen) atoms. The number of amides is 1. The number of rotatable bonds is 5. The van der Waals surface area contributed by atoms with Crippen molar-refractivity contribution in [3.8, 4) is 0 Å². The van der Waals surface area contributed by atoms with E-state index in [4.69, 9.17) is 21.3 Å². The third-order valence-electron chi connectivity index (χ3n) is 8.25. The predicted octanol–water partition coefficient (Wildman–Crippen LogP) is 8.99. The molecule has 6 rings (SSSR count). The summed E-state index contributed by atoms with van der Waals surface area (Å²) in [5.41, 5.74) is 5.61. The number of allylic oxidation sites excluding steroid dienone is 1. The molecule has 6 heteroatoms. The molecular weight excluding hydrogens is 556 g/mol. The van der Waals surface area contributed by atoms with Gasteiger partial charge in [0.2, 0.25) is 0 Å². The molecule has 0 spiro atoms. The molecule has 1 aromatic heterocycles. The highest BCUT2D eigenvalue weighted by molar-refractivity contribution is 6.30. The second-order valence-corrected chi connectivity index (χ2v) is 12.6. The molecule has 0 aliphatic heterocycles. The van der Waals surface area contributed by atoms with Crippen molar-refractivity contribution < 1.29 is 14.3 Å². The van der Waals surface area contributed by atoms with Gasteiger partial charge in [0.15, 0.2) is 6.61 Å². The first-order valence-corrected chi connectivity index (χ1v) is 14.9. The number of fused-ring (bicyclic) bond motifs is 3. The second kappa shape index (κ2) is 11.7.